The number of thiophene rings is 1. The number of aryl methyl sites for hydroxylation is 2. The molecule has 0 radical (unpaired) electrons. The van der Waals surface area contributed by atoms with E-state index in [0.717, 1.165) is 17.4 Å². The summed E-state index contributed by atoms with van der Waals surface area (Å²) in [5.74, 6) is 0.823. The molecule has 2 aromatic heterocycles. The topological polar surface area (TPSA) is 49.3 Å². The second-order valence-electron chi connectivity index (χ2n) is 5.05. The fraction of sp³-hybridized carbons (Fsp3) is 0.467. The van der Waals surface area contributed by atoms with Gasteiger partial charge < -0.3 is 10.6 Å². The monoisotopic (exact) mass is 322 g/mol. The van der Waals surface area contributed by atoms with Crippen LogP contribution in [0, 0.1) is 13.8 Å². The lowest BCUT2D eigenvalue weighted by Crippen LogP contribution is -2.42. The molecule has 6 heteroatoms. The van der Waals surface area contributed by atoms with Crippen molar-refractivity contribution in [1.29, 1.82) is 0 Å². The molecule has 4 nitrogen and oxygen atoms in total. The van der Waals surface area contributed by atoms with Crippen molar-refractivity contribution in [3.8, 4) is 0 Å². The van der Waals surface area contributed by atoms with Gasteiger partial charge >= 0.3 is 0 Å². The molecule has 0 aliphatic heterocycles. The molecule has 21 heavy (non-hydrogen) atoms. The van der Waals surface area contributed by atoms with Gasteiger partial charge in [-0.2, -0.15) is 0 Å². The van der Waals surface area contributed by atoms with Crippen LogP contribution in [0.4, 0.5) is 0 Å². The van der Waals surface area contributed by atoms with Gasteiger partial charge in [-0.1, -0.05) is 0 Å². The highest BCUT2D eigenvalue weighted by molar-refractivity contribution is 7.12. The van der Waals surface area contributed by atoms with Crippen LogP contribution in [-0.4, -0.2) is 24.0 Å². The van der Waals surface area contributed by atoms with Gasteiger partial charge in [-0.25, -0.2) is 4.98 Å². The van der Waals surface area contributed by atoms with Gasteiger partial charge in [0.1, 0.15) is 5.01 Å². The van der Waals surface area contributed by atoms with Crippen molar-refractivity contribution < 1.29 is 0 Å². The quantitative estimate of drug-likeness (QED) is 0.657. The fourth-order valence-electron chi connectivity index (χ4n) is 2.02. The maximum Gasteiger partial charge on any atom is 0.191 e. The van der Waals surface area contributed by atoms with E-state index >= 15 is 0 Å². The predicted octanol–water partition coefficient (Wildman–Crippen LogP) is 3.12. The second-order valence-corrected chi connectivity index (χ2v) is 7.74. The zero-order chi connectivity index (χ0) is 15.2. The van der Waals surface area contributed by atoms with Gasteiger partial charge in [0.2, 0.25) is 0 Å². The Balaban J connectivity index is 1.81. The van der Waals surface area contributed by atoms with Gasteiger partial charge in [-0.3, -0.25) is 4.99 Å². The van der Waals surface area contributed by atoms with E-state index in [2.05, 4.69) is 53.5 Å². The number of guanidine groups is 1. The van der Waals surface area contributed by atoms with Crippen LogP contribution >= 0.6 is 22.7 Å². The van der Waals surface area contributed by atoms with Crippen LogP contribution in [-0.2, 0) is 13.0 Å². The molecule has 0 aromatic carbocycles. The number of rotatable bonds is 5. The summed E-state index contributed by atoms with van der Waals surface area (Å²) in [6.45, 7) is 7.10. The number of aliphatic imine (C=N–C) groups is 1. The Morgan fingerprint density at radius 1 is 1.29 bits per heavy atom. The van der Waals surface area contributed by atoms with Gasteiger partial charge in [-0.05, 0) is 32.9 Å². The van der Waals surface area contributed by atoms with Crippen LogP contribution < -0.4 is 10.6 Å². The highest BCUT2D eigenvalue weighted by Gasteiger charge is 2.08. The number of thiazole rings is 1. The van der Waals surface area contributed by atoms with E-state index < -0.39 is 0 Å². The molecular formula is C15H22N4S2. The summed E-state index contributed by atoms with van der Waals surface area (Å²) in [5, 5.41) is 7.82. The Kier molecular flexibility index (Phi) is 5.76. The summed E-state index contributed by atoms with van der Waals surface area (Å²) in [5.41, 5.74) is 0. The second kappa shape index (κ2) is 7.56. The van der Waals surface area contributed by atoms with Crippen molar-refractivity contribution in [1.82, 2.24) is 15.6 Å². The number of hydrogen-bond acceptors (Lipinski definition) is 4. The maximum absolute atomic E-state index is 4.35. The Bertz CT molecular complexity index is 600. The van der Waals surface area contributed by atoms with Crippen LogP contribution in [0.1, 0.15) is 26.6 Å². The summed E-state index contributed by atoms with van der Waals surface area (Å²) in [6.07, 6.45) is 2.91. The predicted molar refractivity (Wildman–Crippen MR) is 92.4 cm³/mol. The largest absolute Gasteiger partial charge is 0.354 e. The summed E-state index contributed by atoms with van der Waals surface area (Å²) in [7, 11) is 1.80. The third-order valence-corrected chi connectivity index (χ3v) is 4.92. The highest BCUT2D eigenvalue weighted by atomic mass is 32.1. The minimum absolute atomic E-state index is 0.340. The van der Waals surface area contributed by atoms with Crippen molar-refractivity contribution in [2.45, 2.75) is 39.8 Å². The van der Waals surface area contributed by atoms with Gasteiger partial charge in [0, 0.05) is 40.3 Å². The molecule has 1 atom stereocenters. The fourth-order valence-corrected chi connectivity index (χ4v) is 3.76. The molecule has 0 bridgehead atoms. The maximum atomic E-state index is 4.35. The molecule has 2 rings (SSSR count). The first-order chi connectivity index (χ1) is 10.1. The molecule has 114 valence electrons. The van der Waals surface area contributed by atoms with E-state index in [1.807, 2.05) is 17.5 Å². The van der Waals surface area contributed by atoms with Crippen LogP contribution in [0.5, 0.6) is 0 Å². The molecule has 0 aliphatic carbocycles. The SMILES string of the molecule is CN=C(NCc1ncc(C)s1)NC(C)Cc1ccc(C)s1. The molecule has 0 amide bonds. The Morgan fingerprint density at radius 2 is 2.10 bits per heavy atom. The Hall–Kier alpha value is -1.40. The van der Waals surface area contributed by atoms with Crippen LogP contribution in [0.3, 0.4) is 0 Å². The van der Waals surface area contributed by atoms with Gasteiger partial charge in [0.05, 0.1) is 6.54 Å². The summed E-state index contributed by atoms with van der Waals surface area (Å²) in [6, 6.07) is 4.71. The van der Waals surface area contributed by atoms with Gasteiger partial charge in [0.25, 0.3) is 0 Å². The van der Waals surface area contributed by atoms with E-state index in [0.29, 0.717) is 12.6 Å². The molecule has 2 heterocycles. The van der Waals surface area contributed by atoms with E-state index in [1.165, 1.54) is 14.6 Å². The average molecular weight is 323 g/mol. The zero-order valence-electron chi connectivity index (χ0n) is 12.9. The Morgan fingerprint density at radius 3 is 2.67 bits per heavy atom. The summed E-state index contributed by atoms with van der Waals surface area (Å²) >= 11 is 3.56. The first kappa shape index (κ1) is 16.0. The lowest BCUT2D eigenvalue weighted by Gasteiger charge is -2.16. The minimum atomic E-state index is 0.340. The third kappa shape index (κ3) is 5.13. The molecule has 2 aromatic rings. The average Bonchev–Trinajstić information content (AvgIpc) is 3.03. The normalized spacial score (nSPS) is 13.2. The van der Waals surface area contributed by atoms with Gasteiger partial charge in [-0.15, -0.1) is 22.7 Å². The smallest absolute Gasteiger partial charge is 0.191 e. The molecule has 0 fully saturated rings. The van der Waals surface area contributed by atoms with Crippen molar-refractivity contribution in [2.75, 3.05) is 7.05 Å². The van der Waals surface area contributed by atoms with Gasteiger partial charge in [0.15, 0.2) is 5.96 Å². The lowest BCUT2D eigenvalue weighted by atomic mass is 10.2. The van der Waals surface area contributed by atoms with Crippen molar-refractivity contribution in [3.05, 3.63) is 38.0 Å². The third-order valence-electron chi connectivity index (χ3n) is 2.99. The number of aromatic nitrogens is 1. The number of hydrogen-bond donors (Lipinski definition) is 2. The standard InChI is InChI=1S/C15H22N4S2/c1-10(7-13-6-5-11(2)20-13)19-15(16-4)18-9-14-17-8-12(3)21-14/h5-6,8,10H,7,9H2,1-4H3,(H2,16,18,19). The van der Waals surface area contributed by atoms with Crippen LogP contribution in [0.2, 0.25) is 0 Å². The molecule has 1 unspecified atom stereocenters. The van der Waals surface area contributed by atoms with Crippen LogP contribution in [0.15, 0.2) is 23.3 Å². The minimum Gasteiger partial charge on any atom is -0.354 e. The number of nitrogens with one attached hydrogen (secondary N) is 2. The van der Waals surface area contributed by atoms with Crippen molar-refractivity contribution in [2.24, 2.45) is 4.99 Å². The van der Waals surface area contributed by atoms with Crippen molar-refractivity contribution in [3.63, 3.8) is 0 Å². The molecule has 2 N–H and O–H groups in total. The van der Waals surface area contributed by atoms with Crippen molar-refractivity contribution >= 4 is 28.6 Å². The molecule has 0 spiro atoms. The first-order valence-electron chi connectivity index (χ1n) is 7.00. The van der Waals surface area contributed by atoms with E-state index in [-0.39, 0.29) is 0 Å². The van der Waals surface area contributed by atoms with Crippen LogP contribution in [0.25, 0.3) is 0 Å². The molecular weight excluding hydrogens is 300 g/mol. The number of nitrogens with zero attached hydrogens (tertiary/aromatic N) is 2. The summed E-state index contributed by atoms with van der Waals surface area (Å²) < 4.78 is 0. The summed E-state index contributed by atoms with van der Waals surface area (Å²) in [4.78, 5) is 12.6. The van der Waals surface area contributed by atoms with E-state index in [4.69, 9.17) is 0 Å². The molecule has 0 aliphatic rings. The molecule has 0 saturated carbocycles. The molecule has 0 saturated heterocycles. The highest BCUT2D eigenvalue weighted by Crippen LogP contribution is 2.16. The zero-order valence-corrected chi connectivity index (χ0v) is 14.6. The van der Waals surface area contributed by atoms with E-state index in [9.17, 15) is 0 Å². The lowest BCUT2D eigenvalue weighted by molar-refractivity contribution is 0.644. The first-order valence-corrected chi connectivity index (χ1v) is 8.64. The Labute approximate surface area is 134 Å². The van der Waals surface area contributed by atoms with E-state index in [1.54, 1.807) is 18.4 Å².